The number of hydrogen-bond acceptors (Lipinski definition) is 9. The van der Waals surface area contributed by atoms with Crippen molar-refractivity contribution in [3.8, 4) is 0 Å². The predicted molar refractivity (Wildman–Crippen MR) is 111 cm³/mol. The molecule has 176 valence electrons. The number of amides is 1. The second kappa shape index (κ2) is 12.8. The second-order valence-electron chi connectivity index (χ2n) is 7.00. The summed E-state index contributed by atoms with van der Waals surface area (Å²) in [6.07, 6.45) is -3.67. The number of methoxy groups -OCH3 is 1. The fourth-order valence-electron chi connectivity index (χ4n) is 3.23. The van der Waals surface area contributed by atoms with Gasteiger partial charge in [0.05, 0.1) is 26.9 Å². The Morgan fingerprint density at radius 3 is 2.44 bits per heavy atom. The topological polar surface area (TPSA) is 119 Å². The SMILES string of the molecule is C=CCO[C@@H]1O[C@H](COCc2ccccc2)[C@@H](OC(C)=O)[C@H](OC(=O)OC)[C@H]1NC(C)=O. The van der Waals surface area contributed by atoms with Gasteiger partial charge in [-0.1, -0.05) is 36.4 Å². The zero-order valence-corrected chi connectivity index (χ0v) is 18.4. The van der Waals surface area contributed by atoms with Crippen molar-refractivity contribution in [2.75, 3.05) is 20.3 Å². The molecule has 0 saturated carbocycles. The Morgan fingerprint density at radius 2 is 1.84 bits per heavy atom. The minimum Gasteiger partial charge on any atom is -0.456 e. The van der Waals surface area contributed by atoms with Crippen LogP contribution < -0.4 is 5.32 Å². The number of carbonyl (C=O) groups excluding carboxylic acids is 3. The molecule has 1 amide bonds. The van der Waals surface area contributed by atoms with Crippen molar-refractivity contribution in [3.63, 3.8) is 0 Å². The highest BCUT2D eigenvalue weighted by Gasteiger charge is 2.51. The van der Waals surface area contributed by atoms with Gasteiger partial charge in [-0.25, -0.2) is 4.79 Å². The summed E-state index contributed by atoms with van der Waals surface area (Å²) >= 11 is 0. The minimum absolute atomic E-state index is 0.00534. The molecular formula is C22H29NO9. The third-order valence-electron chi connectivity index (χ3n) is 4.49. The van der Waals surface area contributed by atoms with Crippen LogP contribution in [0.1, 0.15) is 19.4 Å². The molecular weight excluding hydrogens is 422 g/mol. The van der Waals surface area contributed by atoms with Gasteiger partial charge in [0.15, 0.2) is 18.5 Å². The first kappa shape index (κ1) is 25.3. The lowest BCUT2D eigenvalue weighted by Gasteiger charge is -2.44. The normalized spacial score (nSPS) is 24.8. The average molecular weight is 451 g/mol. The first-order valence-corrected chi connectivity index (χ1v) is 10.0. The lowest BCUT2D eigenvalue weighted by atomic mass is 9.96. The Morgan fingerprint density at radius 1 is 1.12 bits per heavy atom. The van der Waals surface area contributed by atoms with Gasteiger partial charge >= 0.3 is 12.1 Å². The predicted octanol–water partition coefficient (Wildman–Crippen LogP) is 1.72. The van der Waals surface area contributed by atoms with Crippen LogP contribution in [-0.2, 0) is 44.6 Å². The zero-order valence-electron chi connectivity index (χ0n) is 18.4. The highest BCUT2D eigenvalue weighted by atomic mass is 16.7. The molecule has 1 aliphatic rings. The Labute approximate surface area is 186 Å². The van der Waals surface area contributed by atoms with Crippen molar-refractivity contribution in [2.24, 2.45) is 0 Å². The largest absolute Gasteiger partial charge is 0.508 e. The van der Waals surface area contributed by atoms with Crippen LogP contribution in [0.25, 0.3) is 0 Å². The van der Waals surface area contributed by atoms with E-state index in [1.54, 1.807) is 0 Å². The van der Waals surface area contributed by atoms with Crippen molar-refractivity contribution < 1.29 is 42.8 Å². The van der Waals surface area contributed by atoms with E-state index in [0.717, 1.165) is 12.7 Å². The standard InChI is InChI=1S/C22H29NO9/c1-5-11-29-21-18(23-14(2)24)20(32-22(26)27-4)19(30-15(3)25)17(31-21)13-28-12-16-9-7-6-8-10-16/h5-10,17-21H,1,11-13H2,2-4H3,(H,23,24)/t17-,18-,19-,20-,21-/m1/s1. The summed E-state index contributed by atoms with van der Waals surface area (Å²) in [7, 11) is 1.14. The number of rotatable bonds is 10. The summed E-state index contributed by atoms with van der Waals surface area (Å²) < 4.78 is 32.8. The highest BCUT2D eigenvalue weighted by Crippen LogP contribution is 2.28. The van der Waals surface area contributed by atoms with Gasteiger partial charge in [-0.2, -0.15) is 0 Å². The van der Waals surface area contributed by atoms with Gasteiger partial charge in [-0.15, -0.1) is 6.58 Å². The first-order valence-electron chi connectivity index (χ1n) is 10.0. The molecule has 0 unspecified atom stereocenters. The zero-order chi connectivity index (χ0) is 23.5. The van der Waals surface area contributed by atoms with E-state index >= 15 is 0 Å². The van der Waals surface area contributed by atoms with Crippen LogP contribution in [0.5, 0.6) is 0 Å². The maximum atomic E-state index is 11.9. The van der Waals surface area contributed by atoms with Gasteiger partial charge in [-0.05, 0) is 5.56 Å². The number of carbonyl (C=O) groups is 3. The smallest absolute Gasteiger partial charge is 0.456 e. The van der Waals surface area contributed by atoms with Gasteiger partial charge in [0.2, 0.25) is 5.91 Å². The third kappa shape index (κ3) is 7.63. The van der Waals surface area contributed by atoms with Crippen molar-refractivity contribution in [2.45, 2.75) is 51.1 Å². The number of nitrogens with one attached hydrogen (secondary N) is 1. The van der Waals surface area contributed by atoms with Gasteiger partial charge in [0.1, 0.15) is 12.1 Å². The molecule has 0 radical (unpaired) electrons. The van der Waals surface area contributed by atoms with Crippen LogP contribution in [0.3, 0.4) is 0 Å². The maximum Gasteiger partial charge on any atom is 0.508 e. The van der Waals surface area contributed by atoms with Crippen molar-refractivity contribution in [3.05, 3.63) is 48.6 Å². The molecule has 1 aromatic rings. The summed E-state index contributed by atoms with van der Waals surface area (Å²) in [6, 6.07) is 8.47. The van der Waals surface area contributed by atoms with Crippen LogP contribution in [0.15, 0.2) is 43.0 Å². The fourth-order valence-corrected chi connectivity index (χ4v) is 3.23. The van der Waals surface area contributed by atoms with Crippen LogP contribution in [0.2, 0.25) is 0 Å². The van der Waals surface area contributed by atoms with Crippen LogP contribution >= 0.6 is 0 Å². The monoisotopic (exact) mass is 451 g/mol. The molecule has 32 heavy (non-hydrogen) atoms. The lowest BCUT2D eigenvalue weighted by Crippen LogP contribution is -2.66. The van der Waals surface area contributed by atoms with Gasteiger partial charge in [0, 0.05) is 13.8 Å². The summed E-state index contributed by atoms with van der Waals surface area (Å²) in [4.78, 5) is 35.6. The summed E-state index contributed by atoms with van der Waals surface area (Å²) in [5.74, 6) is -1.05. The Hall–Kier alpha value is -2.95. The number of hydrogen-bond donors (Lipinski definition) is 1. The van der Waals surface area contributed by atoms with Gasteiger partial charge in [-0.3, -0.25) is 9.59 Å². The minimum atomic E-state index is -1.16. The molecule has 0 aliphatic carbocycles. The molecule has 1 saturated heterocycles. The summed E-state index contributed by atoms with van der Waals surface area (Å²) in [6.45, 7) is 6.48. The molecule has 2 rings (SSSR count). The van der Waals surface area contributed by atoms with E-state index in [2.05, 4.69) is 16.6 Å². The Kier molecular flexibility index (Phi) is 10.1. The molecule has 0 aromatic heterocycles. The first-order chi connectivity index (χ1) is 15.3. The van der Waals surface area contributed by atoms with Gasteiger partial charge in [0.25, 0.3) is 0 Å². The van der Waals surface area contributed by atoms with E-state index < -0.39 is 48.7 Å². The number of esters is 1. The lowest BCUT2D eigenvalue weighted by molar-refractivity contribution is -0.274. The number of benzene rings is 1. The molecule has 1 aliphatic heterocycles. The second-order valence-corrected chi connectivity index (χ2v) is 7.00. The Balaban J connectivity index is 2.28. The van der Waals surface area contributed by atoms with E-state index in [4.69, 9.17) is 23.7 Å². The quantitative estimate of drug-likeness (QED) is 0.419. The molecule has 1 heterocycles. The molecule has 1 fully saturated rings. The third-order valence-corrected chi connectivity index (χ3v) is 4.49. The van der Waals surface area contributed by atoms with E-state index in [1.807, 2.05) is 30.3 Å². The molecule has 5 atom stereocenters. The summed E-state index contributed by atoms with van der Waals surface area (Å²) in [5, 5.41) is 2.64. The van der Waals surface area contributed by atoms with Crippen LogP contribution in [0.4, 0.5) is 4.79 Å². The molecule has 1 aromatic carbocycles. The Bertz CT molecular complexity index is 770. The molecule has 1 N–H and O–H groups in total. The molecule has 0 spiro atoms. The average Bonchev–Trinajstić information content (AvgIpc) is 2.76. The van der Waals surface area contributed by atoms with Crippen LogP contribution in [-0.4, -0.2) is 69.0 Å². The maximum absolute atomic E-state index is 11.9. The van der Waals surface area contributed by atoms with Crippen molar-refractivity contribution in [1.29, 1.82) is 0 Å². The molecule has 10 nitrogen and oxygen atoms in total. The van der Waals surface area contributed by atoms with E-state index in [1.165, 1.54) is 19.9 Å². The van der Waals surface area contributed by atoms with Crippen molar-refractivity contribution >= 4 is 18.0 Å². The van der Waals surface area contributed by atoms with Gasteiger partial charge < -0.3 is 33.7 Å². The van der Waals surface area contributed by atoms with Crippen molar-refractivity contribution in [1.82, 2.24) is 5.32 Å². The summed E-state index contributed by atoms with van der Waals surface area (Å²) in [5.41, 5.74) is 0.935. The van der Waals surface area contributed by atoms with E-state index in [0.29, 0.717) is 0 Å². The number of ether oxygens (including phenoxy) is 6. The van der Waals surface area contributed by atoms with E-state index in [-0.39, 0.29) is 19.8 Å². The molecule has 10 heteroatoms. The van der Waals surface area contributed by atoms with E-state index in [9.17, 15) is 14.4 Å². The highest BCUT2D eigenvalue weighted by molar-refractivity contribution is 5.73. The fraction of sp³-hybridized carbons (Fsp3) is 0.500. The molecule has 0 bridgehead atoms. The van der Waals surface area contributed by atoms with Crippen LogP contribution in [0, 0.1) is 0 Å².